The molecule has 0 amide bonds. The van der Waals surface area contributed by atoms with Crippen LogP contribution < -0.4 is 0 Å². The average Bonchev–Trinajstić information content (AvgIpc) is 2.96. The van der Waals surface area contributed by atoms with Crippen LogP contribution in [0.2, 0.25) is 0 Å². The minimum atomic E-state index is -0.223. The highest BCUT2D eigenvalue weighted by atomic mass is 127. The number of carbonyl (C=O) groups is 1. The molecule has 0 saturated carbocycles. The number of halogens is 1. The lowest BCUT2D eigenvalue weighted by Crippen LogP contribution is -2.22. The van der Waals surface area contributed by atoms with Gasteiger partial charge in [0.2, 0.25) is 0 Å². The Morgan fingerprint density at radius 1 is 1.44 bits per heavy atom. The summed E-state index contributed by atoms with van der Waals surface area (Å²) in [6.45, 7) is 6.08. The lowest BCUT2D eigenvalue weighted by Gasteiger charge is -2.22. The third-order valence-electron chi connectivity index (χ3n) is 2.98. The molecule has 0 aliphatic heterocycles. The lowest BCUT2D eigenvalue weighted by atomic mass is 9.99. The smallest absolute Gasteiger partial charge is 0.319 e. The van der Waals surface area contributed by atoms with Crippen molar-refractivity contribution in [3.05, 3.63) is 23.8 Å². The van der Waals surface area contributed by atoms with Crippen molar-refractivity contribution in [2.24, 2.45) is 5.92 Å². The standard InChI is InChI=1S/C14H17IO3/c1-4-11(15)14(16)18-13(8(2)3)10-7-9-5-6-12(10)17-9/h5-8,11,13H,4H2,1-3H3. The normalized spacial score (nSPS) is 15.2. The SMILES string of the molecule is CCC(I)C(=O)OC(c1cc2ccc1o2)C(C)C. The van der Waals surface area contributed by atoms with Crippen LogP contribution in [0.4, 0.5) is 0 Å². The first-order chi connectivity index (χ1) is 8.52. The molecule has 0 aromatic carbocycles. The fraction of sp³-hybridized carbons (Fsp3) is 0.500. The number of esters is 1. The van der Waals surface area contributed by atoms with E-state index in [0.717, 1.165) is 23.2 Å². The van der Waals surface area contributed by atoms with Crippen LogP contribution in [0.25, 0.3) is 11.2 Å². The second-order valence-electron chi connectivity index (χ2n) is 4.78. The van der Waals surface area contributed by atoms with Gasteiger partial charge in [-0.15, -0.1) is 0 Å². The Bertz CT molecular complexity index is 517. The van der Waals surface area contributed by atoms with Crippen molar-refractivity contribution in [2.45, 2.75) is 37.2 Å². The molecule has 2 aromatic heterocycles. The molecule has 2 rings (SSSR count). The summed E-state index contributed by atoms with van der Waals surface area (Å²) in [5.41, 5.74) is 2.64. The van der Waals surface area contributed by atoms with Crippen LogP contribution in [-0.4, -0.2) is 9.89 Å². The van der Waals surface area contributed by atoms with E-state index >= 15 is 0 Å². The third kappa shape index (κ3) is 2.63. The maximum atomic E-state index is 11.9. The van der Waals surface area contributed by atoms with Crippen molar-refractivity contribution >= 4 is 39.7 Å². The first kappa shape index (κ1) is 13.6. The van der Waals surface area contributed by atoms with Crippen LogP contribution >= 0.6 is 22.6 Å². The van der Waals surface area contributed by atoms with Crippen molar-refractivity contribution in [3.8, 4) is 0 Å². The molecule has 98 valence electrons. The molecule has 0 spiro atoms. The van der Waals surface area contributed by atoms with E-state index in [2.05, 4.69) is 22.6 Å². The largest absolute Gasteiger partial charge is 0.457 e. The van der Waals surface area contributed by atoms with Gasteiger partial charge >= 0.3 is 5.97 Å². The van der Waals surface area contributed by atoms with Crippen LogP contribution in [0, 0.1) is 5.92 Å². The Hall–Kier alpha value is -0.780. The van der Waals surface area contributed by atoms with Gasteiger partial charge in [0.25, 0.3) is 0 Å². The third-order valence-corrected chi connectivity index (χ3v) is 4.37. The molecule has 2 atom stereocenters. The van der Waals surface area contributed by atoms with E-state index in [9.17, 15) is 4.79 Å². The van der Waals surface area contributed by atoms with Crippen LogP contribution in [0.15, 0.2) is 22.6 Å². The Balaban J connectivity index is 2.19. The second kappa shape index (κ2) is 5.47. The second-order valence-corrected chi connectivity index (χ2v) is 6.28. The number of alkyl halides is 1. The van der Waals surface area contributed by atoms with E-state index in [1.54, 1.807) is 0 Å². The summed E-state index contributed by atoms with van der Waals surface area (Å²) >= 11 is 2.12. The van der Waals surface area contributed by atoms with Crippen LogP contribution in [0.1, 0.15) is 38.9 Å². The zero-order chi connectivity index (χ0) is 13.3. The van der Waals surface area contributed by atoms with Gasteiger partial charge in [-0.2, -0.15) is 0 Å². The highest BCUT2D eigenvalue weighted by molar-refractivity contribution is 14.1. The fourth-order valence-corrected chi connectivity index (χ4v) is 2.10. The molecule has 2 unspecified atom stereocenters. The monoisotopic (exact) mass is 360 g/mol. The maximum absolute atomic E-state index is 11.9. The first-order valence-corrected chi connectivity index (χ1v) is 7.43. The highest BCUT2D eigenvalue weighted by Gasteiger charge is 2.27. The van der Waals surface area contributed by atoms with E-state index in [-0.39, 0.29) is 21.9 Å². The molecular weight excluding hydrogens is 343 g/mol. The van der Waals surface area contributed by atoms with Gasteiger partial charge in [-0.3, -0.25) is 4.79 Å². The van der Waals surface area contributed by atoms with Crippen molar-refractivity contribution in [3.63, 3.8) is 0 Å². The van der Waals surface area contributed by atoms with E-state index in [1.165, 1.54) is 0 Å². The molecule has 18 heavy (non-hydrogen) atoms. The number of furan rings is 2. The lowest BCUT2D eigenvalue weighted by molar-refractivity contribution is -0.150. The summed E-state index contributed by atoms with van der Waals surface area (Å²) in [6.07, 6.45) is 0.562. The van der Waals surface area contributed by atoms with Gasteiger partial charge in [0, 0.05) is 5.56 Å². The van der Waals surface area contributed by atoms with Gasteiger partial charge in [-0.1, -0.05) is 43.4 Å². The minimum Gasteiger partial charge on any atom is -0.457 e. The molecule has 2 bridgehead atoms. The first-order valence-electron chi connectivity index (χ1n) is 6.19. The number of benzene rings is 1. The Kier molecular flexibility index (Phi) is 4.14. The zero-order valence-corrected chi connectivity index (χ0v) is 12.9. The Morgan fingerprint density at radius 3 is 2.61 bits per heavy atom. The van der Waals surface area contributed by atoms with Gasteiger partial charge in [-0.05, 0) is 30.5 Å². The number of rotatable bonds is 5. The Labute approximate surface area is 120 Å². The molecule has 4 heteroatoms. The van der Waals surface area contributed by atoms with E-state index in [4.69, 9.17) is 9.15 Å². The molecule has 0 radical (unpaired) electrons. The molecular formula is C14H17IO3. The highest BCUT2D eigenvalue weighted by Crippen LogP contribution is 2.34. The summed E-state index contributed by atoms with van der Waals surface area (Å²) in [7, 11) is 0. The van der Waals surface area contributed by atoms with Crippen molar-refractivity contribution in [2.75, 3.05) is 0 Å². The summed E-state index contributed by atoms with van der Waals surface area (Å²) < 4.78 is 11.1. The van der Waals surface area contributed by atoms with Crippen molar-refractivity contribution in [1.29, 1.82) is 0 Å². The molecule has 0 aliphatic rings. The number of ether oxygens (including phenoxy) is 1. The summed E-state index contributed by atoms with van der Waals surface area (Å²) in [6, 6.07) is 5.81. The number of hydrogen-bond donors (Lipinski definition) is 0. The van der Waals surface area contributed by atoms with Gasteiger partial charge in [0.05, 0.1) is 0 Å². The number of fused-ring (bicyclic) bond motifs is 2. The average molecular weight is 360 g/mol. The maximum Gasteiger partial charge on any atom is 0.319 e. The minimum absolute atomic E-state index is 0.0860. The summed E-state index contributed by atoms with van der Waals surface area (Å²) in [5.74, 6) is 0.0835. The molecule has 3 nitrogen and oxygen atoms in total. The van der Waals surface area contributed by atoms with E-state index in [1.807, 2.05) is 39.0 Å². The molecule has 0 fully saturated rings. The fourth-order valence-electron chi connectivity index (χ4n) is 1.96. The quantitative estimate of drug-likeness (QED) is 0.453. The van der Waals surface area contributed by atoms with Crippen molar-refractivity contribution in [1.82, 2.24) is 0 Å². The van der Waals surface area contributed by atoms with Crippen LogP contribution in [0.5, 0.6) is 0 Å². The molecule has 0 saturated heterocycles. The van der Waals surface area contributed by atoms with Gasteiger partial charge in [0.15, 0.2) is 0 Å². The molecule has 2 aromatic rings. The molecule has 0 N–H and O–H groups in total. The number of hydrogen-bond acceptors (Lipinski definition) is 3. The van der Waals surface area contributed by atoms with Crippen LogP contribution in [0.3, 0.4) is 0 Å². The van der Waals surface area contributed by atoms with Gasteiger partial charge < -0.3 is 9.15 Å². The molecule has 0 aliphatic carbocycles. The predicted molar refractivity (Wildman–Crippen MR) is 79.2 cm³/mol. The predicted octanol–water partition coefficient (Wildman–Crippen LogP) is 4.32. The van der Waals surface area contributed by atoms with Crippen molar-refractivity contribution < 1.29 is 13.9 Å². The summed E-state index contributed by atoms with van der Waals surface area (Å²) in [4.78, 5) is 11.9. The van der Waals surface area contributed by atoms with E-state index in [0.29, 0.717) is 0 Å². The number of carbonyl (C=O) groups excluding carboxylic acids is 1. The van der Waals surface area contributed by atoms with E-state index < -0.39 is 0 Å². The van der Waals surface area contributed by atoms with Crippen LogP contribution in [-0.2, 0) is 9.53 Å². The van der Waals surface area contributed by atoms with Gasteiger partial charge in [0.1, 0.15) is 21.2 Å². The topological polar surface area (TPSA) is 39.4 Å². The Morgan fingerprint density at radius 2 is 2.17 bits per heavy atom. The zero-order valence-electron chi connectivity index (χ0n) is 10.8. The van der Waals surface area contributed by atoms with Gasteiger partial charge in [-0.25, -0.2) is 0 Å². The summed E-state index contributed by atoms with van der Waals surface area (Å²) in [5, 5.41) is 0. The molecule has 2 heterocycles.